The van der Waals surface area contributed by atoms with Crippen LogP contribution in [0.1, 0.15) is 17.4 Å². The van der Waals surface area contributed by atoms with Gasteiger partial charge in [-0.05, 0) is 24.3 Å². The summed E-state index contributed by atoms with van der Waals surface area (Å²) in [5.41, 5.74) is 1.64. The molecule has 2 amide bonds. The summed E-state index contributed by atoms with van der Waals surface area (Å²) in [6.45, 7) is 2.60. The Labute approximate surface area is 134 Å². The SMILES string of the molecule is COCCn1ccc(C(=O)Nc2cccc(N(C)C(C)=O)c2)n1. The molecular formula is C16H20N4O3. The zero-order valence-corrected chi connectivity index (χ0v) is 13.4. The van der Waals surface area contributed by atoms with Crippen LogP contribution in [0.4, 0.5) is 11.4 Å². The van der Waals surface area contributed by atoms with E-state index in [1.54, 1.807) is 55.4 Å². The summed E-state index contributed by atoms with van der Waals surface area (Å²) < 4.78 is 6.62. The second kappa shape index (κ2) is 7.55. The molecular weight excluding hydrogens is 296 g/mol. The first-order valence-electron chi connectivity index (χ1n) is 7.19. The number of carbonyl (C=O) groups excluding carboxylic acids is 2. The Morgan fingerprint density at radius 2 is 2.13 bits per heavy atom. The van der Waals surface area contributed by atoms with Crippen LogP contribution in [0, 0.1) is 0 Å². The Kier molecular flexibility index (Phi) is 5.48. The van der Waals surface area contributed by atoms with Gasteiger partial charge in [-0.15, -0.1) is 0 Å². The van der Waals surface area contributed by atoms with Crippen molar-refractivity contribution in [2.75, 3.05) is 31.0 Å². The van der Waals surface area contributed by atoms with Gasteiger partial charge in [-0.3, -0.25) is 14.3 Å². The second-order valence-corrected chi connectivity index (χ2v) is 5.04. The van der Waals surface area contributed by atoms with E-state index >= 15 is 0 Å². The lowest BCUT2D eigenvalue weighted by atomic mass is 10.2. The molecule has 0 unspecified atom stereocenters. The number of anilines is 2. The molecule has 1 aromatic heterocycles. The highest BCUT2D eigenvalue weighted by atomic mass is 16.5. The van der Waals surface area contributed by atoms with Gasteiger partial charge in [0.25, 0.3) is 5.91 Å². The van der Waals surface area contributed by atoms with Crippen molar-refractivity contribution in [3.05, 3.63) is 42.2 Å². The standard InChI is InChI=1S/C16H20N4O3/c1-12(21)19(2)14-6-4-5-13(11-14)17-16(22)15-7-8-20(18-15)9-10-23-3/h4-8,11H,9-10H2,1-3H3,(H,17,22). The molecule has 0 fully saturated rings. The van der Waals surface area contributed by atoms with Crippen molar-refractivity contribution in [1.29, 1.82) is 0 Å². The number of benzene rings is 1. The molecule has 0 atom stereocenters. The number of hydrogen-bond donors (Lipinski definition) is 1. The summed E-state index contributed by atoms with van der Waals surface area (Å²) >= 11 is 0. The van der Waals surface area contributed by atoms with Crippen molar-refractivity contribution in [3.63, 3.8) is 0 Å². The predicted octanol–water partition coefficient (Wildman–Crippen LogP) is 1.76. The van der Waals surface area contributed by atoms with Gasteiger partial charge >= 0.3 is 0 Å². The first-order chi connectivity index (χ1) is 11.0. The smallest absolute Gasteiger partial charge is 0.276 e. The molecule has 1 aromatic carbocycles. The fourth-order valence-corrected chi connectivity index (χ4v) is 1.96. The van der Waals surface area contributed by atoms with E-state index < -0.39 is 0 Å². The van der Waals surface area contributed by atoms with E-state index in [9.17, 15) is 9.59 Å². The van der Waals surface area contributed by atoms with Crippen molar-refractivity contribution in [2.45, 2.75) is 13.5 Å². The molecule has 1 N–H and O–H groups in total. The third kappa shape index (κ3) is 4.40. The molecule has 0 saturated carbocycles. The minimum atomic E-state index is -0.302. The predicted molar refractivity (Wildman–Crippen MR) is 87.6 cm³/mol. The summed E-state index contributed by atoms with van der Waals surface area (Å²) in [4.78, 5) is 25.1. The van der Waals surface area contributed by atoms with Crippen LogP contribution in [0.3, 0.4) is 0 Å². The lowest BCUT2D eigenvalue weighted by Gasteiger charge is -2.16. The molecule has 7 nitrogen and oxygen atoms in total. The van der Waals surface area contributed by atoms with Gasteiger partial charge in [-0.2, -0.15) is 5.10 Å². The van der Waals surface area contributed by atoms with Crippen molar-refractivity contribution in [1.82, 2.24) is 9.78 Å². The number of nitrogens with one attached hydrogen (secondary N) is 1. The third-order valence-electron chi connectivity index (χ3n) is 3.36. The van der Waals surface area contributed by atoms with Crippen molar-refractivity contribution in [2.24, 2.45) is 0 Å². The molecule has 7 heteroatoms. The lowest BCUT2D eigenvalue weighted by Crippen LogP contribution is -2.23. The van der Waals surface area contributed by atoms with Gasteiger partial charge in [-0.1, -0.05) is 6.07 Å². The van der Waals surface area contributed by atoms with E-state index in [4.69, 9.17) is 4.74 Å². The van der Waals surface area contributed by atoms with Crippen LogP contribution in [0.2, 0.25) is 0 Å². The van der Waals surface area contributed by atoms with Crippen LogP contribution in [0.15, 0.2) is 36.5 Å². The molecule has 0 aliphatic rings. The number of amides is 2. The largest absolute Gasteiger partial charge is 0.383 e. The average Bonchev–Trinajstić information content (AvgIpc) is 3.01. The highest BCUT2D eigenvalue weighted by Crippen LogP contribution is 2.19. The molecule has 23 heavy (non-hydrogen) atoms. The zero-order valence-electron chi connectivity index (χ0n) is 13.4. The minimum absolute atomic E-state index is 0.0784. The van der Waals surface area contributed by atoms with Gasteiger partial charge in [0.1, 0.15) is 0 Å². The normalized spacial score (nSPS) is 10.4. The van der Waals surface area contributed by atoms with Crippen LogP contribution < -0.4 is 10.2 Å². The second-order valence-electron chi connectivity index (χ2n) is 5.04. The number of methoxy groups -OCH3 is 1. The monoisotopic (exact) mass is 316 g/mol. The Hall–Kier alpha value is -2.67. The van der Waals surface area contributed by atoms with Gasteiger partial charge < -0.3 is 15.0 Å². The summed E-state index contributed by atoms with van der Waals surface area (Å²) in [6, 6.07) is 8.73. The number of nitrogens with zero attached hydrogens (tertiary/aromatic N) is 3. The fraction of sp³-hybridized carbons (Fsp3) is 0.312. The van der Waals surface area contributed by atoms with Gasteiger partial charge in [0.15, 0.2) is 5.69 Å². The van der Waals surface area contributed by atoms with E-state index in [0.717, 1.165) is 0 Å². The number of ether oxygens (including phenoxy) is 1. The van der Waals surface area contributed by atoms with Crippen LogP contribution in [0.5, 0.6) is 0 Å². The molecule has 122 valence electrons. The van der Waals surface area contributed by atoms with Crippen LogP contribution >= 0.6 is 0 Å². The van der Waals surface area contributed by atoms with Gasteiger partial charge in [0.2, 0.25) is 5.91 Å². The number of hydrogen-bond acceptors (Lipinski definition) is 4. The molecule has 0 radical (unpaired) electrons. The molecule has 1 heterocycles. The minimum Gasteiger partial charge on any atom is -0.383 e. The Bertz CT molecular complexity index is 696. The topological polar surface area (TPSA) is 76.5 Å². The number of carbonyl (C=O) groups is 2. The maximum absolute atomic E-state index is 12.2. The Morgan fingerprint density at radius 1 is 1.35 bits per heavy atom. The van der Waals surface area contributed by atoms with E-state index in [1.807, 2.05) is 0 Å². The summed E-state index contributed by atoms with van der Waals surface area (Å²) in [6.07, 6.45) is 1.73. The first-order valence-corrected chi connectivity index (χ1v) is 7.19. The maximum atomic E-state index is 12.2. The van der Waals surface area contributed by atoms with Crippen LogP contribution in [0.25, 0.3) is 0 Å². The highest BCUT2D eigenvalue weighted by molar-refractivity contribution is 6.03. The molecule has 2 rings (SSSR count). The molecule has 2 aromatic rings. The molecule has 0 aliphatic carbocycles. The van der Waals surface area contributed by atoms with E-state index in [0.29, 0.717) is 30.2 Å². The highest BCUT2D eigenvalue weighted by Gasteiger charge is 2.11. The molecule has 0 bridgehead atoms. The number of rotatable bonds is 6. The first kappa shape index (κ1) is 16.7. The van der Waals surface area contributed by atoms with Gasteiger partial charge in [0, 0.05) is 38.7 Å². The van der Waals surface area contributed by atoms with Crippen LogP contribution in [-0.4, -0.2) is 42.4 Å². The average molecular weight is 316 g/mol. The van der Waals surface area contributed by atoms with E-state index in [2.05, 4.69) is 10.4 Å². The van der Waals surface area contributed by atoms with Gasteiger partial charge in [0.05, 0.1) is 13.2 Å². The van der Waals surface area contributed by atoms with Gasteiger partial charge in [-0.25, -0.2) is 0 Å². The Balaban J connectivity index is 2.06. The number of aromatic nitrogens is 2. The third-order valence-corrected chi connectivity index (χ3v) is 3.36. The van der Waals surface area contributed by atoms with E-state index in [1.165, 1.54) is 11.8 Å². The molecule has 0 saturated heterocycles. The summed E-state index contributed by atoms with van der Waals surface area (Å²) in [5, 5.41) is 6.97. The lowest BCUT2D eigenvalue weighted by molar-refractivity contribution is -0.116. The summed E-state index contributed by atoms with van der Waals surface area (Å²) in [5.74, 6) is -0.380. The van der Waals surface area contributed by atoms with E-state index in [-0.39, 0.29) is 11.8 Å². The fourth-order valence-electron chi connectivity index (χ4n) is 1.96. The Morgan fingerprint density at radius 3 is 2.83 bits per heavy atom. The molecule has 0 spiro atoms. The molecule has 0 aliphatic heterocycles. The van der Waals surface area contributed by atoms with Crippen molar-refractivity contribution < 1.29 is 14.3 Å². The maximum Gasteiger partial charge on any atom is 0.276 e. The quantitative estimate of drug-likeness (QED) is 0.881. The van der Waals surface area contributed by atoms with Crippen molar-refractivity contribution in [3.8, 4) is 0 Å². The zero-order chi connectivity index (χ0) is 16.8. The summed E-state index contributed by atoms with van der Waals surface area (Å²) in [7, 11) is 3.29. The van der Waals surface area contributed by atoms with Crippen LogP contribution in [-0.2, 0) is 16.1 Å². The van der Waals surface area contributed by atoms with Crippen molar-refractivity contribution >= 4 is 23.2 Å².